The van der Waals surface area contributed by atoms with Gasteiger partial charge in [-0.3, -0.25) is 4.79 Å². The Balaban J connectivity index is 2.98. The first-order chi connectivity index (χ1) is 5.25. The first-order valence-corrected chi connectivity index (χ1v) is 3.74. The van der Waals surface area contributed by atoms with E-state index in [0.29, 0.717) is 10.4 Å². The first-order valence-electron chi connectivity index (χ1n) is 2.86. The molecular formula is C7H5N2OS. The number of nitrogens with two attached hydrogens (primary N) is 1. The molecule has 0 spiro atoms. The van der Waals surface area contributed by atoms with Gasteiger partial charge in [-0.25, -0.2) is 0 Å². The lowest BCUT2D eigenvalue weighted by Crippen LogP contribution is -2.10. The Kier molecular flexibility index (Phi) is 2.24. The summed E-state index contributed by atoms with van der Waals surface area (Å²) in [5.41, 5.74) is 5.63. The van der Waals surface area contributed by atoms with Gasteiger partial charge in [0.2, 0.25) is 0 Å². The van der Waals surface area contributed by atoms with Gasteiger partial charge in [0.15, 0.2) is 0 Å². The van der Waals surface area contributed by atoms with Gasteiger partial charge in [0.05, 0.1) is 17.4 Å². The molecule has 3 nitrogen and oxygen atoms in total. The number of nitrogens with zero attached hydrogens (tertiary/aromatic N) is 1. The number of primary amides is 1. The number of thiophene rings is 1. The number of carbonyl (C=O) groups is 1. The molecule has 0 aromatic carbocycles. The number of nitriles is 1. The van der Waals surface area contributed by atoms with Crippen LogP contribution in [0.25, 0.3) is 0 Å². The molecule has 1 heterocycles. The van der Waals surface area contributed by atoms with Crippen molar-refractivity contribution in [2.24, 2.45) is 5.73 Å². The fraction of sp³-hybridized carbons (Fsp3) is 0. The zero-order valence-corrected chi connectivity index (χ0v) is 6.39. The van der Waals surface area contributed by atoms with Crippen LogP contribution in [-0.4, -0.2) is 5.91 Å². The number of hydrogen-bond acceptors (Lipinski definition) is 3. The molecule has 0 aliphatic rings. The lowest BCUT2D eigenvalue weighted by molar-refractivity contribution is 0.100. The highest BCUT2D eigenvalue weighted by molar-refractivity contribution is 7.12. The molecule has 1 rings (SSSR count). The smallest absolute Gasteiger partial charge is 0.259 e. The molecule has 0 aliphatic heterocycles. The topological polar surface area (TPSA) is 66.9 Å². The van der Waals surface area contributed by atoms with Gasteiger partial charge in [-0.05, 0) is 17.0 Å². The average molecular weight is 165 g/mol. The van der Waals surface area contributed by atoms with Crippen molar-refractivity contribution in [3.8, 4) is 6.07 Å². The second-order valence-corrected chi connectivity index (χ2v) is 2.76. The fourth-order valence-electron chi connectivity index (χ4n) is 0.703. The molecule has 1 aromatic heterocycles. The molecule has 2 N–H and O–H groups in total. The van der Waals surface area contributed by atoms with Crippen LogP contribution in [0, 0.1) is 17.8 Å². The molecule has 0 bridgehead atoms. The summed E-state index contributed by atoms with van der Waals surface area (Å²) in [5, 5.41) is 10.0. The molecule has 1 aromatic rings. The molecule has 11 heavy (non-hydrogen) atoms. The van der Waals surface area contributed by atoms with E-state index in [-0.39, 0.29) is 0 Å². The van der Waals surface area contributed by atoms with Crippen LogP contribution in [0.15, 0.2) is 11.4 Å². The molecule has 0 atom stereocenters. The van der Waals surface area contributed by atoms with Crippen LogP contribution in [0.1, 0.15) is 15.2 Å². The van der Waals surface area contributed by atoms with Gasteiger partial charge in [0, 0.05) is 0 Å². The van der Waals surface area contributed by atoms with Gasteiger partial charge in [-0.2, -0.15) is 5.26 Å². The van der Waals surface area contributed by atoms with Crippen molar-refractivity contribution in [2.45, 2.75) is 0 Å². The summed E-state index contributed by atoms with van der Waals surface area (Å²) >= 11 is 1.24. The molecule has 0 saturated carbocycles. The highest BCUT2D eigenvalue weighted by Gasteiger charge is 2.08. The van der Waals surface area contributed by atoms with E-state index in [1.165, 1.54) is 17.8 Å². The van der Waals surface area contributed by atoms with E-state index in [4.69, 9.17) is 11.0 Å². The molecule has 0 aliphatic carbocycles. The maximum atomic E-state index is 10.7. The Morgan fingerprint density at radius 1 is 1.82 bits per heavy atom. The third kappa shape index (κ3) is 1.57. The molecule has 1 amide bonds. The Bertz CT molecular complexity index is 310. The molecule has 0 fully saturated rings. The molecule has 1 radical (unpaired) electrons. The van der Waals surface area contributed by atoms with Gasteiger partial charge >= 0.3 is 0 Å². The molecular weight excluding hydrogens is 160 g/mol. The minimum absolute atomic E-state index is 0.437. The van der Waals surface area contributed by atoms with E-state index in [1.807, 2.05) is 6.07 Å². The van der Waals surface area contributed by atoms with Crippen LogP contribution in [0.4, 0.5) is 0 Å². The quantitative estimate of drug-likeness (QED) is 0.708. The summed E-state index contributed by atoms with van der Waals surface area (Å²) in [6.07, 6.45) is 1.30. The van der Waals surface area contributed by atoms with Crippen molar-refractivity contribution in [3.63, 3.8) is 0 Å². The minimum Gasteiger partial charge on any atom is -0.365 e. The predicted octanol–water partition coefficient (Wildman–Crippen LogP) is 0.923. The third-order valence-corrected chi connectivity index (χ3v) is 2.08. The van der Waals surface area contributed by atoms with Crippen molar-refractivity contribution in [1.82, 2.24) is 0 Å². The summed E-state index contributed by atoms with van der Waals surface area (Å²) in [4.78, 5) is 11.1. The van der Waals surface area contributed by atoms with E-state index in [2.05, 4.69) is 0 Å². The zero-order chi connectivity index (χ0) is 8.27. The van der Waals surface area contributed by atoms with Crippen LogP contribution in [-0.2, 0) is 0 Å². The number of amides is 1. The highest BCUT2D eigenvalue weighted by Crippen LogP contribution is 2.16. The summed E-state index contributed by atoms with van der Waals surface area (Å²) in [5.74, 6) is -0.485. The number of carbonyl (C=O) groups excluding carboxylic acids is 1. The van der Waals surface area contributed by atoms with E-state index >= 15 is 0 Å². The van der Waals surface area contributed by atoms with E-state index in [9.17, 15) is 4.79 Å². The Morgan fingerprint density at radius 2 is 2.55 bits per heavy atom. The standard InChI is InChI=1S/C7H5N2OS/c8-3-1-5-2-4-11-6(5)7(9)10/h1-2,4H,(H2,9,10). The van der Waals surface area contributed by atoms with Crippen LogP contribution < -0.4 is 5.73 Å². The summed E-state index contributed by atoms with van der Waals surface area (Å²) in [7, 11) is 0. The highest BCUT2D eigenvalue weighted by atomic mass is 32.1. The Labute approximate surface area is 68.1 Å². The zero-order valence-electron chi connectivity index (χ0n) is 5.57. The van der Waals surface area contributed by atoms with Gasteiger partial charge in [-0.15, -0.1) is 11.3 Å². The average Bonchev–Trinajstić information content (AvgIpc) is 2.36. The van der Waals surface area contributed by atoms with Crippen molar-refractivity contribution >= 4 is 17.2 Å². The van der Waals surface area contributed by atoms with E-state index in [0.717, 1.165) is 0 Å². The van der Waals surface area contributed by atoms with Gasteiger partial charge in [0.25, 0.3) is 5.91 Å². The van der Waals surface area contributed by atoms with Gasteiger partial charge in [0.1, 0.15) is 0 Å². The monoisotopic (exact) mass is 165 g/mol. The first kappa shape index (κ1) is 7.76. The van der Waals surface area contributed by atoms with Crippen molar-refractivity contribution < 1.29 is 4.79 Å². The minimum atomic E-state index is -0.485. The third-order valence-electron chi connectivity index (χ3n) is 1.14. The normalized spacial score (nSPS) is 9.00. The van der Waals surface area contributed by atoms with E-state index < -0.39 is 5.91 Å². The Morgan fingerprint density at radius 3 is 3.09 bits per heavy atom. The lowest BCUT2D eigenvalue weighted by atomic mass is 10.2. The second kappa shape index (κ2) is 3.17. The fourth-order valence-corrected chi connectivity index (χ4v) is 1.43. The van der Waals surface area contributed by atoms with E-state index in [1.54, 1.807) is 11.4 Å². The van der Waals surface area contributed by atoms with Crippen LogP contribution in [0.3, 0.4) is 0 Å². The SMILES string of the molecule is N#C[CH]c1ccsc1C(N)=O. The predicted molar refractivity (Wildman–Crippen MR) is 41.9 cm³/mol. The molecule has 0 saturated heterocycles. The largest absolute Gasteiger partial charge is 0.365 e. The molecule has 55 valence electrons. The maximum Gasteiger partial charge on any atom is 0.259 e. The summed E-state index contributed by atoms with van der Waals surface area (Å²) in [6, 6.07) is 3.53. The maximum absolute atomic E-state index is 10.7. The van der Waals surface area contributed by atoms with Crippen LogP contribution in [0.2, 0.25) is 0 Å². The van der Waals surface area contributed by atoms with Crippen LogP contribution in [0.5, 0.6) is 0 Å². The molecule has 4 heteroatoms. The van der Waals surface area contributed by atoms with Crippen molar-refractivity contribution in [2.75, 3.05) is 0 Å². The lowest BCUT2D eigenvalue weighted by Gasteiger charge is -1.90. The molecule has 0 unspecified atom stereocenters. The van der Waals surface area contributed by atoms with Crippen molar-refractivity contribution in [1.29, 1.82) is 5.26 Å². The van der Waals surface area contributed by atoms with Crippen LogP contribution >= 0.6 is 11.3 Å². The number of hydrogen-bond donors (Lipinski definition) is 1. The van der Waals surface area contributed by atoms with Gasteiger partial charge in [-0.1, -0.05) is 0 Å². The summed E-state index contributed by atoms with van der Waals surface area (Å²) in [6.45, 7) is 0. The van der Waals surface area contributed by atoms with Crippen molar-refractivity contribution in [3.05, 3.63) is 28.3 Å². The van der Waals surface area contributed by atoms with Gasteiger partial charge < -0.3 is 5.73 Å². The second-order valence-electron chi connectivity index (χ2n) is 1.84. The Hall–Kier alpha value is -1.34. The number of rotatable bonds is 2. The summed E-state index contributed by atoms with van der Waals surface area (Å²) < 4.78 is 0.